The molecule has 0 saturated heterocycles. The molecule has 0 aromatic rings. The summed E-state index contributed by atoms with van der Waals surface area (Å²) in [7, 11) is -4.79. The monoisotopic (exact) mass is 1110 g/mol. The molecule has 2 N–H and O–H groups in total. The van der Waals surface area contributed by atoms with Gasteiger partial charge >= 0.3 is 25.7 Å². The van der Waals surface area contributed by atoms with Crippen LogP contribution in [0.25, 0.3) is 0 Å². The summed E-state index contributed by atoms with van der Waals surface area (Å²) in [6.07, 6.45) is 73.2. The number of phosphoric acid groups is 1. The van der Waals surface area contributed by atoms with Crippen LogP contribution < -0.4 is 0 Å². The smallest absolute Gasteiger partial charge is 0.462 e. The van der Waals surface area contributed by atoms with Gasteiger partial charge in [-0.05, 0) is 109 Å². The molecule has 0 saturated carbocycles. The molecule has 12 heteroatoms. The number of hydrogen-bond acceptors (Lipinski definition) is 10. The van der Waals surface area contributed by atoms with Crippen LogP contribution in [0.1, 0.15) is 239 Å². The quantitative estimate of drug-likeness (QED) is 0.0197. The number of carbonyl (C=O) groups excluding carboxylic acids is 3. The molecule has 444 valence electrons. The maximum Gasteiger partial charge on any atom is 0.472 e. The molecule has 0 amide bonds. The molecule has 0 aliphatic rings. The summed E-state index contributed by atoms with van der Waals surface area (Å²) in [6, 6.07) is 0. The molecule has 0 aliphatic heterocycles. The first-order valence-corrected chi connectivity index (χ1v) is 31.9. The summed E-state index contributed by atoms with van der Waals surface area (Å²) in [5.74, 6) is -1.63. The van der Waals surface area contributed by atoms with E-state index in [-0.39, 0.29) is 25.9 Å². The number of allylic oxidation sites excluding steroid dienone is 19. The van der Waals surface area contributed by atoms with Gasteiger partial charge in [-0.2, -0.15) is 0 Å². The van der Waals surface area contributed by atoms with Crippen molar-refractivity contribution in [3.63, 3.8) is 0 Å². The third-order valence-electron chi connectivity index (χ3n) is 12.4. The average Bonchev–Trinajstić information content (AvgIpc) is 3.43. The molecule has 3 atom stereocenters. The van der Waals surface area contributed by atoms with Gasteiger partial charge in [-0.3, -0.25) is 23.4 Å². The second-order valence-electron chi connectivity index (χ2n) is 19.8. The molecule has 0 aromatic carbocycles. The molecule has 0 radical (unpaired) electrons. The molecule has 3 unspecified atom stereocenters. The van der Waals surface area contributed by atoms with Crippen LogP contribution in [0.5, 0.6) is 0 Å². The predicted octanol–water partition coefficient (Wildman–Crippen LogP) is 18.4. The molecular weight excluding hydrogens is 1000 g/mol. The fraction of sp³-hybridized carbons (Fsp3) is 0.652. The van der Waals surface area contributed by atoms with E-state index in [2.05, 4.69) is 118 Å². The summed E-state index contributed by atoms with van der Waals surface area (Å²) in [5.41, 5.74) is 0. The zero-order valence-corrected chi connectivity index (χ0v) is 50.0. The fourth-order valence-electron chi connectivity index (χ4n) is 7.83. The third-order valence-corrected chi connectivity index (χ3v) is 13.3. The van der Waals surface area contributed by atoms with E-state index in [1.165, 1.54) is 64.2 Å². The Kier molecular flexibility index (Phi) is 55.9. The Morgan fingerprint density at radius 3 is 1.14 bits per heavy atom. The van der Waals surface area contributed by atoms with Crippen molar-refractivity contribution in [2.75, 3.05) is 26.4 Å². The van der Waals surface area contributed by atoms with E-state index >= 15 is 0 Å². The summed E-state index contributed by atoms with van der Waals surface area (Å²) in [6.45, 7) is 4.29. The number of ether oxygens (including phenoxy) is 3. The summed E-state index contributed by atoms with van der Waals surface area (Å²) in [4.78, 5) is 48.6. The number of aliphatic hydroxyl groups is 1. The number of esters is 3. The predicted molar refractivity (Wildman–Crippen MR) is 325 cm³/mol. The van der Waals surface area contributed by atoms with Crippen LogP contribution in [-0.4, -0.2) is 66.5 Å². The van der Waals surface area contributed by atoms with Crippen LogP contribution in [-0.2, 0) is 42.2 Å². The lowest BCUT2D eigenvalue weighted by Gasteiger charge is -2.21. The Balaban J connectivity index is 4.84. The van der Waals surface area contributed by atoms with Gasteiger partial charge in [0.1, 0.15) is 12.7 Å². The molecule has 0 fully saturated rings. The van der Waals surface area contributed by atoms with Gasteiger partial charge in [0, 0.05) is 12.8 Å². The van der Waals surface area contributed by atoms with Crippen molar-refractivity contribution >= 4 is 25.7 Å². The van der Waals surface area contributed by atoms with E-state index in [1.54, 1.807) is 6.08 Å². The lowest BCUT2D eigenvalue weighted by molar-refractivity contribution is -0.161. The minimum atomic E-state index is -4.79. The number of hydrogen-bond donors (Lipinski definition) is 2. The highest BCUT2D eigenvalue weighted by atomic mass is 31.2. The van der Waals surface area contributed by atoms with E-state index in [9.17, 15) is 28.9 Å². The third kappa shape index (κ3) is 56.6. The van der Waals surface area contributed by atoms with Gasteiger partial charge < -0.3 is 24.2 Å². The van der Waals surface area contributed by atoms with E-state index in [0.29, 0.717) is 19.3 Å². The van der Waals surface area contributed by atoms with Crippen LogP contribution in [0.2, 0.25) is 0 Å². The lowest BCUT2D eigenvalue weighted by Crippen LogP contribution is -2.30. The maximum atomic E-state index is 12.9. The number of aliphatic hydroxyl groups excluding tert-OH is 1. The summed E-state index contributed by atoms with van der Waals surface area (Å²) in [5, 5.41) is 9.81. The standard InChI is InChI=1S/C66H109O11P/c1-4-7-10-13-16-19-22-25-28-30-31-33-36-39-42-45-48-51-54-57-66(70)77-63(59-73-64(68)55-52-49-46-43-40-37-35-32-29-26-23-20-17-14-11-8-5-2)61-75-78(71,72)74-60-62(58-67)76-65(69)56-53-50-47-44-41-38-34-27-24-21-18-15-12-9-6-3/h7,9-10,12,16,18-19,21,25-29,31,33-34,41,44,50,53,62-63,67H,4-6,8,11,13-15,17,20,22-24,30,32,35-40,42-43,45-49,51-52,54-61H2,1-3H3,(H,71,72)/b10-7-,12-9-,19-16-,21-18-,28-25-,29-26-,33-31-,34-27-,44-41-,53-50-. The van der Waals surface area contributed by atoms with Gasteiger partial charge in [-0.1, -0.05) is 232 Å². The molecule has 0 heterocycles. The number of carbonyl (C=O) groups is 3. The van der Waals surface area contributed by atoms with E-state index in [1.807, 2.05) is 18.2 Å². The zero-order valence-electron chi connectivity index (χ0n) is 49.1. The molecule has 0 aliphatic carbocycles. The van der Waals surface area contributed by atoms with Crippen molar-refractivity contribution in [1.29, 1.82) is 0 Å². The molecule has 0 rings (SSSR count). The van der Waals surface area contributed by atoms with E-state index in [4.69, 9.17) is 23.3 Å². The van der Waals surface area contributed by atoms with Crippen LogP contribution in [0, 0.1) is 0 Å². The zero-order chi connectivity index (χ0) is 56.9. The van der Waals surface area contributed by atoms with Crippen molar-refractivity contribution in [3.8, 4) is 0 Å². The Morgan fingerprint density at radius 2 is 0.718 bits per heavy atom. The van der Waals surface area contributed by atoms with Crippen molar-refractivity contribution in [3.05, 3.63) is 122 Å². The molecule has 0 bridgehead atoms. The molecule has 0 aromatic heterocycles. The molecule has 78 heavy (non-hydrogen) atoms. The van der Waals surface area contributed by atoms with Crippen molar-refractivity contribution in [2.45, 2.75) is 251 Å². The second-order valence-corrected chi connectivity index (χ2v) is 21.2. The summed E-state index contributed by atoms with van der Waals surface area (Å²) < 4.78 is 39.5. The van der Waals surface area contributed by atoms with Gasteiger partial charge in [0.15, 0.2) is 6.10 Å². The highest BCUT2D eigenvalue weighted by molar-refractivity contribution is 7.47. The number of phosphoric ester groups is 1. The Hall–Kier alpha value is -4.12. The van der Waals surface area contributed by atoms with Crippen LogP contribution in [0.3, 0.4) is 0 Å². The summed E-state index contributed by atoms with van der Waals surface area (Å²) >= 11 is 0. The second kappa shape index (κ2) is 59.0. The van der Waals surface area contributed by atoms with E-state index < -0.39 is 57.8 Å². The van der Waals surface area contributed by atoms with Gasteiger partial charge in [0.2, 0.25) is 0 Å². The minimum absolute atomic E-state index is 0.0615. The topological polar surface area (TPSA) is 155 Å². The maximum absolute atomic E-state index is 12.9. The number of unbranched alkanes of at least 4 members (excludes halogenated alkanes) is 19. The van der Waals surface area contributed by atoms with Crippen molar-refractivity contribution in [1.82, 2.24) is 0 Å². The SMILES string of the molecule is CC/C=C\C/C=C\C/C=C\C/C=C\C/C=C\CC(=O)OC(CO)COP(=O)(O)OCC(COC(=O)CCCCCCCCC/C=C\CCCCCCCC)OC(=O)CCCCCCCC/C=C\C/C=C\C/C=C\C/C=C\CC. The van der Waals surface area contributed by atoms with Gasteiger partial charge in [-0.15, -0.1) is 0 Å². The van der Waals surface area contributed by atoms with Gasteiger partial charge in [0.25, 0.3) is 0 Å². The Morgan fingerprint density at radius 1 is 0.385 bits per heavy atom. The van der Waals surface area contributed by atoms with Gasteiger partial charge in [-0.25, -0.2) is 4.57 Å². The first kappa shape index (κ1) is 73.9. The normalized spacial score (nSPS) is 14.2. The molecule has 0 spiro atoms. The van der Waals surface area contributed by atoms with Crippen LogP contribution in [0.15, 0.2) is 122 Å². The number of rotatable bonds is 55. The van der Waals surface area contributed by atoms with E-state index in [0.717, 1.165) is 116 Å². The first-order valence-electron chi connectivity index (χ1n) is 30.4. The fourth-order valence-corrected chi connectivity index (χ4v) is 8.61. The average molecular weight is 1110 g/mol. The Labute approximate surface area is 475 Å². The highest BCUT2D eigenvalue weighted by Gasteiger charge is 2.28. The van der Waals surface area contributed by atoms with Crippen molar-refractivity contribution < 1.29 is 52.2 Å². The lowest BCUT2D eigenvalue weighted by atomic mass is 10.1. The Bertz CT molecular complexity index is 1770. The van der Waals surface area contributed by atoms with Crippen LogP contribution >= 0.6 is 7.82 Å². The molecular formula is C66H109O11P. The van der Waals surface area contributed by atoms with Crippen LogP contribution in [0.4, 0.5) is 0 Å². The largest absolute Gasteiger partial charge is 0.472 e. The molecule has 11 nitrogen and oxygen atoms in total. The van der Waals surface area contributed by atoms with Crippen molar-refractivity contribution in [2.24, 2.45) is 0 Å². The van der Waals surface area contributed by atoms with Gasteiger partial charge in [0.05, 0.1) is 26.2 Å². The minimum Gasteiger partial charge on any atom is -0.462 e. The first-order chi connectivity index (χ1) is 38.2. The highest BCUT2D eigenvalue weighted by Crippen LogP contribution is 2.43.